The minimum atomic E-state index is -0.381. The first-order valence-corrected chi connectivity index (χ1v) is 7.08. The predicted molar refractivity (Wildman–Crippen MR) is 86.8 cm³/mol. The van der Waals surface area contributed by atoms with Crippen LogP contribution in [0.1, 0.15) is 12.5 Å². The van der Waals surface area contributed by atoms with E-state index in [1.165, 1.54) is 27.4 Å². The van der Waals surface area contributed by atoms with Gasteiger partial charge in [0.15, 0.2) is 11.5 Å². The van der Waals surface area contributed by atoms with Crippen LogP contribution < -0.4 is 24.8 Å². The van der Waals surface area contributed by atoms with Gasteiger partial charge in [-0.1, -0.05) is 0 Å². The van der Waals surface area contributed by atoms with Crippen LogP contribution in [0, 0.1) is 0 Å². The van der Waals surface area contributed by atoms with E-state index in [9.17, 15) is 9.59 Å². The highest BCUT2D eigenvalue weighted by molar-refractivity contribution is 5.94. The van der Waals surface area contributed by atoms with Gasteiger partial charge in [-0.25, -0.2) is 0 Å². The summed E-state index contributed by atoms with van der Waals surface area (Å²) < 4.78 is 15.7. The van der Waals surface area contributed by atoms with E-state index in [0.717, 1.165) is 0 Å². The zero-order valence-electron chi connectivity index (χ0n) is 13.8. The van der Waals surface area contributed by atoms with E-state index < -0.39 is 0 Å². The summed E-state index contributed by atoms with van der Waals surface area (Å²) in [6, 6.07) is 3.37. The first-order chi connectivity index (χ1) is 11.0. The second-order valence-electron chi connectivity index (χ2n) is 4.45. The Morgan fingerprint density at radius 2 is 1.61 bits per heavy atom. The van der Waals surface area contributed by atoms with Gasteiger partial charge in [0, 0.05) is 24.3 Å². The molecular weight excluding hydrogens is 300 g/mol. The molecule has 0 aliphatic heterocycles. The first kappa shape index (κ1) is 18.3. The van der Waals surface area contributed by atoms with E-state index in [1.807, 2.05) is 6.92 Å². The third-order valence-corrected chi connectivity index (χ3v) is 2.95. The van der Waals surface area contributed by atoms with Gasteiger partial charge in [0.25, 0.3) is 0 Å². The van der Waals surface area contributed by atoms with Gasteiger partial charge in [-0.15, -0.1) is 0 Å². The Morgan fingerprint density at radius 1 is 1.00 bits per heavy atom. The molecule has 2 N–H and O–H groups in total. The third kappa shape index (κ3) is 5.54. The van der Waals surface area contributed by atoms with Crippen molar-refractivity contribution in [2.75, 3.05) is 34.4 Å². The maximum atomic E-state index is 11.7. The summed E-state index contributed by atoms with van der Waals surface area (Å²) in [6.45, 7) is 2.26. The van der Waals surface area contributed by atoms with Crippen molar-refractivity contribution in [3.63, 3.8) is 0 Å². The monoisotopic (exact) mass is 322 g/mol. The molecule has 0 bridgehead atoms. The van der Waals surface area contributed by atoms with Crippen molar-refractivity contribution in [3.8, 4) is 17.2 Å². The number of likely N-dealkylation sites (N-methyl/N-ethyl adjacent to an activating group) is 1. The molecule has 0 aromatic heterocycles. The zero-order valence-corrected chi connectivity index (χ0v) is 13.8. The summed E-state index contributed by atoms with van der Waals surface area (Å²) >= 11 is 0. The number of amides is 2. The van der Waals surface area contributed by atoms with Crippen molar-refractivity contribution in [2.45, 2.75) is 6.92 Å². The van der Waals surface area contributed by atoms with E-state index in [-0.39, 0.29) is 18.4 Å². The van der Waals surface area contributed by atoms with E-state index in [0.29, 0.717) is 29.4 Å². The predicted octanol–water partition coefficient (Wildman–Crippen LogP) is 0.978. The molecule has 1 aromatic carbocycles. The molecule has 0 saturated carbocycles. The molecular formula is C16H22N2O5. The number of benzene rings is 1. The first-order valence-electron chi connectivity index (χ1n) is 7.08. The smallest absolute Gasteiger partial charge is 0.244 e. The average molecular weight is 322 g/mol. The second kappa shape index (κ2) is 9.34. The fourth-order valence-electron chi connectivity index (χ4n) is 1.83. The largest absolute Gasteiger partial charge is 0.496 e. The van der Waals surface area contributed by atoms with Crippen LogP contribution in [-0.2, 0) is 9.59 Å². The molecule has 0 spiro atoms. The zero-order chi connectivity index (χ0) is 17.2. The highest BCUT2D eigenvalue weighted by atomic mass is 16.5. The van der Waals surface area contributed by atoms with Gasteiger partial charge < -0.3 is 24.8 Å². The highest BCUT2D eigenvalue weighted by Gasteiger charge is 2.10. The van der Waals surface area contributed by atoms with Gasteiger partial charge >= 0.3 is 0 Å². The van der Waals surface area contributed by atoms with Crippen molar-refractivity contribution in [1.82, 2.24) is 10.6 Å². The number of carbonyl (C=O) groups excluding carboxylic acids is 2. The van der Waals surface area contributed by atoms with Gasteiger partial charge in [-0.2, -0.15) is 0 Å². The van der Waals surface area contributed by atoms with Gasteiger partial charge in [0.1, 0.15) is 5.75 Å². The molecule has 0 aliphatic rings. The molecule has 0 radical (unpaired) electrons. The van der Waals surface area contributed by atoms with E-state index >= 15 is 0 Å². The average Bonchev–Trinajstić information content (AvgIpc) is 2.57. The van der Waals surface area contributed by atoms with E-state index in [1.54, 1.807) is 18.2 Å². The Labute approximate surface area is 135 Å². The number of rotatable bonds is 8. The Balaban J connectivity index is 2.82. The Hall–Kier alpha value is -2.70. The lowest BCUT2D eigenvalue weighted by Gasteiger charge is -2.12. The number of hydrogen-bond donors (Lipinski definition) is 2. The maximum absolute atomic E-state index is 11.7. The molecule has 0 heterocycles. The van der Waals surface area contributed by atoms with Crippen molar-refractivity contribution < 1.29 is 23.8 Å². The molecule has 2 amide bonds. The molecule has 0 unspecified atom stereocenters. The Morgan fingerprint density at radius 3 is 2.17 bits per heavy atom. The second-order valence-corrected chi connectivity index (χ2v) is 4.45. The SMILES string of the molecule is CCNC(=O)CNC(=O)/C=C/c1cc(OC)c(OC)cc1OC. The van der Waals surface area contributed by atoms with Crippen LogP contribution in [0.2, 0.25) is 0 Å². The summed E-state index contributed by atoms with van der Waals surface area (Å²) in [5.74, 6) is 0.972. The molecule has 7 heteroatoms. The van der Waals surface area contributed by atoms with Gasteiger partial charge in [0.05, 0.1) is 27.9 Å². The maximum Gasteiger partial charge on any atom is 0.244 e. The lowest BCUT2D eigenvalue weighted by atomic mass is 10.1. The summed E-state index contributed by atoms with van der Waals surface area (Å²) in [7, 11) is 4.58. The minimum Gasteiger partial charge on any atom is -0.496 e. The Bertz CT molecular complexity index is 584. The molecule has 1 rings (SSSR count). The van der Waals surface area contributed by atoms with Crippen LogP contribution in [0.25, 0.3) is 6.08 Å². The summed E-state index contributed by atoms with van der Waals surface area (Å²) in [5.41, 5.74) is 0.651. The Kier molecular flexibility index (Phi) is 7.45. The molecule has 0 saturated heterocycles. The molecule has 23 heavy (non-hydrogen) atoms. The van der Waals surface area contributed by atoms with E-state index in [4.69, 9.17) is 14.2 Å². The highest BCUT2D eigenvalue weighted by Crippen LogP contribution is 2.35. The lowest BCUT2D eigenvalue weighted by Crippen LogP contribution is -2.35. The van der Waals surface area contributed by atoms with E-state index in [2.05, 4.69) is 10.6 Å². The van der Waals surface area contributed by atoms with Gasteiger partial charge in [-0.3, -0.25) is 9.59 Å². The fraction of sp³-hybridized carbons (Fsp3) is 0.375. The normalized spacial score (nSPS) is 10.3. The lowest BCUT2D eigenvalue weighted by molar-refractivity contribution is -0.123. The molecule has 7 nitrogen and oxygen atoms in total. The molecule has 0 aliphatic carbocycles. The quantitative estimate of drug-likeness (QED) is 0.697. The molecule has 1 aromatic rings. The van der Waals surface area contributed by atoms with Crippen LogP contribution in [0.3, 0.4) is 0 Å². The van der Waals surface area contributed by atoms with Crippen LogP contribution in [0.5, 0.6) is 17.2 Å². The summed E-state index contributed by atoms with van der Waals surface area (Å²) in [4.78, 5) is 23.0. The number of ether oxygens (including phenoxy) is 3. The van der Waals surface area contributed by atoms with Crippen LogP contribution >= 0.6 is 0 Å². The summed E-state index contributed by atoms with van der Waals surface area (Å²) in [6.07, 6.45) is 2.90. The van der Waals surface area contributed by atoms with Gasteiger partial charge in [-0.05, 0) is 19.1 Å². The van der Waals surface area contributed by atoms with Crippen molar-refractivity contribution in [1.29, 1.82) is 0 Å². The molecule has 126 valence electrons. The third-order valence-electron chi connectivity index (χ3n) is 2.95. The number of hydrogen-bond acceptors (Lipinski definition) is 5. The molecule has 0 atom stereocenters. The number of carbonyl (C=O) groups is 2. The fourth-order valence-corrected chi connectivity index (χ4v) is 1.83. The van der Waals surface area contributed by atoms with Crippen molar-refractivity contribution in [3.05, 3.63) is 23.8 Å². The standard InChI is InChI=1S/C16H22N2O5/c1-5-17-16(20)10-18-15(19)7-6-11-8-13(22-3)14(23-4)9-12(11)21-2/h6-9H,5,10H2,1-4H3,(H,17,20)(H,18,19)/b7-6+. The van der Waals surface area contributed by atoms with Crippen LogP contribution in [0.15, 0.2) is 18.2 Å². The number of nitrogens with one attached hydrogen (secondary N) is 2. The van der Waals surface area contributed by atoms with Crippen molar-refractivity contribution >= 4 is 17.9 Å². The minimum absolute atomic E-state index is 0.0694. The van der Waals surface area contributed by atoms with Gasteiger partial charge in [0.2, 0.25) is 11.8 Å². The number of methoxy groups -OCH3 is 3. The topological polar surface area (TPSA) is 85.9 Å². The summed E-state index contributed by atoms with van der Waals surface area (Å²) in [5, 5.41) is 5.08. The molecule has 0 fully saturated rings. The van der Waals surface area contributed by atoms with Crippen molar-refractivity contribution in [2.24, 2.45) is 0 Å². The van der Waals surface area contributed by atoms with Crippen LogP contribution in [-0.4, -0.2) is 46.2 Å². The van der Waals surface area contributed by atoms with Crippen LogP contribution in [0.4, 0.5) is 0 Å².